The average Bonchev–Trinajstić information content (AvgIpc) is 3.32. The van der Waals surface area contributed by atoms with Gasteiger partial charge in [-0.3, -0.25) is 4.79 Å². The first-order valence-corrected chi connectivity index (χ1v) is 9.59. The van der Waals surface area contributed by atoms with E-state index in [2.05, 4.69) is 27.7 Å². The molecule has 0 radical (unpaired) electrons. The van der Waals surface area contributed by atoms with Gasteiger partial charge in [0.1, 0.15) is 0 Å². The van der Waals surface area contributed by atoms with Gasteiger partial charge in [0.2, 0.25) is 17.6 Å². The Labute approximate surface area is 168 Å². The maximum Gasteiger partial charge on any atom is 0.226 e. The van der Waals surface area contributed by atoms with Gasteiger partial charge >= 0.3 is 0 Å². The van der Waals surface area contributed by atoms with Crippen molar-refractivity contribution < 1.29 is 9.32 Å². The number of aromatic nitrogens is 2. The number of aryl methyl sites for hydroxylation is 1. The molecule has 0 aliphatic carbocycles. The maximum absolute atomic E-state index is 12.2. The van der Waals surface area contributed by atoms with Gasteiger partial charge in [-0.25, -0.2) is 0 Å². The van der Waals surface area contributed by atoms with Gasteiger partial charge in [-0.15, -0.1) is 23.7 Å². The van der Waals surface area contributed by atoms with Crippen LogP contribution >= 0.6 is 23.7 Å². The van der Waals surface area contributed by atoms with Crippen LogP contribution in [0.2, 0.25) is 0 Å². The fourth-order valence-electron chi connectivity index (χ4n) is 2.53. The van der Waals surface area contributed by atoms with Crippen molar-refractivity contribution in [1.29, 1.82) is 0 Å². The van der Waals surface area contributed by atoms with Crippen molar-refractivity contribution in [1.82, 2.24) is 15.5 Å². The second kappa shape index (κ2) is 10.8. The highest BCUT2D eigenvalue weighted by molar-refractivity contribution is 7.13. The Morgan fingerprint density at radius 2 is 2.07 bits per heavy atom. The minimum absolute atomic E-state index is 0. The van der Waals surface area contributed by atoms with E-state index in [1.807, 2.05) is 41.8 Å². The van der Waals surface area contributed by atoms with E-state index in [9.17, 15) is 4.79 Å². The first-order valence-electron chi connectivity index (χ1n) is 8.71. The molecule has 0 bridgehead atoms. The van der Waals surface area contributed by atoms with Gasteiger partial charge in [0.05, 0.1) is 4.88 Å². The lowest BCUT2D eigenvalue weighted by atomic mass is 10.1. The van der Waals surface area contributed by atoms with Crippen LogP contribution in [0.4, 0.5) is 5.69 Å². The quantitative estimate of drug-likeness (QED) is 0.554. The van der Waals surface area contributed by atoms with E-state index in [0.717, 1.165) is 29.2 Å². The molecular weight excluding hydrogens is 384 g/mol. The molecule has 0 aliphatic heterocycles. The van der Waals surface area contributed by atoms with E-state index in [1.54, 1.807) is 11.3 Å². The van der Waals surface area contributed by atoms with Gasteiger partial charge in [-0.1, -0.05) is 36.3 Å². The second-order valence-electron chi connectivity index (χ2n) is 5.83. The predicted octanol–water partition coefficient (Wildman–Crippen LogP) is 4.29. The lowest BCUT2D eigenvalue weighted by Gasteiger charge is -2.11. The molecule has 6 nitrogen and oxygen atoms in total. The SMILES string of the molecule is CCNCc1ccccc1NC(=O)CCCc1nc(-c2cccs2)no1.Cl. The molecule has 2 aromatic heterocycles. The molecule has 2 heterocycles. The topological polar surface area (TPSA) is 80.0 Å². The van der Waals surface area contributed by atoms with Crippen LogP contribution in [-0.2, 0) is 17.8 Å². The summed E-state index contributed by atoms with van der Waals surface area (Å²) in [6.45, 7) is 3.68. The highest BCUT2D eigenvalue weighted by Gasteiger charge is 2.11. The number of carbonyl (C=O) groups excluding carboxylic acids is 1. The zero-order valence-corrected chi connectivity index (χ0v) is 16.7. The third kappa shape index (κ3) is 6.16. The number of halogens is 1. The molecule has 0 fully saturated rings. The Balaban J connectivity index is 0.00000261. The van der Waals surface area contributed by atoms with Crippen LogP contribution in [0.15, 0.2) is 46.3 Å². The molecule has 2 N–H and O–H groups in total. The minimum Gasteiger partial charge on any atom is -0.339 e. The van der Waals surface area contributed by atoms with Crippen LogP contribution in [0.5, 0.6) is 0 Å². The molecule has 0 saturated heterocycles. The Hall–Kier alpha value is -2.22. The molecule has 8 heteroatoms. The minimum atomic E-state index is -0.00746. The van der Waals surface area contributed by atoms with Crippen LogP contribution in [0, 0.1) is 0 Å². The largest absolute Gasteiger partial charge is 0.339 e. The van der Waals surface area contributed by atoms with Crippen molar-refractivity contribution in [2.45, 2.75) is 32.7 Å². The lowest BCUT2D eigenvalue weighted by Crippen LogP contribution is -2.17. The Morgan fingerprint density at radius 1 is 1.22 bits per heavy atom. The number of benzene rings is 1. The zero-order chi connectivity index (χ0) is 18.2. The van der Waals surface area contributed by atoms with Crippen LogP contribution < -0.4 is 10.6 Å². The number of nitrogens with one attached hydrogen (secondary N) is 2. The molecule has 3 rings (SSSR count). The van der Waals surface area contributed by atoms with E-state index < -0.39 is 0 Å². The van der Waals surface area contributed by atoms with Gasteiger partial charge < -0.3 is 15.2 Å². The summed E-state index contributed by atoms with van der Waals surface area (Å²) in [4.78, 5) is 17.6. The summed E-state index contributed by atoms with van der Waals surface area (Å²) in [5, 5.41) is 12.2. The number of carbonyl (C=O) groups is 1. The number of amides is 1. The summed E-state index contributed by atoms with van der Waals surface area (Å²) < 4.78 is 5.26. The van der Waals surface area contributed by atoms with Crippen molar-refractivity contribution in [3.8, 4) is 10.7 Å². The smallest absolute Gasteiger partial charge is 0.226 e. The second-order valence-corrected chi connectivity index (χ2v) is 6.78. The first-order chi connectivity index (χ1) is 12.8. The molecule has 144 valence electrons. The summed E-state index contributed by atoms with van der Waals surface area (Å²) in [7, 11) is 0. The van der Waals surface area contributed by atoms with Gasteiger partial charge in [0.25, 0.3) is 0 Å². The van der Waals surface area contributed by atoms with E-state index >= 15 is 0 Å². The molecule has 0 atom stereocenters. The Morgan fingerprint density at radius 3 is 2.85 bits per heavy atom. The van der Waals surface area contributed by atoms with Crippen molar-refractivity contribution in [2.24, 2.45) is 0 Å². The molecule has 0 saturated carbocycles. The summed E-state index contributed by atoms with van der Waals surface area (Å²) in [6.07, 6.45) is 1.66. The van der Waals surface area contributed by atoms with Crippen molar-refractivity contribution in [3.63, 3.8) is 0 Å². The fraction of sp³-hybridized carbons (Fsp3) is 0.316. The Kier molecular flexibility index (Phi) is 8.44. The van der Waals surface area contributed by atoms with E-state index in [0.29, 0.717) is 31.0 Å². The molecule has 0 spiro atoms. The predicted molar refractivity (Wildman–Crippen MR) is 110 cm³/mol. The third-order valence-electron chi connectivity index (χ3n) is 3.86. The standard InChI is InChI=1S/C19H22N4O2S.ClH/c1-2-20-13-14-7-3-4-8-15(14)21-17(24)10-5-11-18-22-19(23-25-18)16-9-6-12-26-16;/h3-4,6-9,12,20H,2,5,10-11,13H2,1H3,(H,21,24);1H. The highest BCUT2D eigenvalue weighted by Crippen LogP contribution is 2.21. The van der Waals surface area contributed by atoms with Gasteiger partial charge in [-0.05, 0) is 36.0 Å². The van der Waals surface area contributed by atoms with Gasteiger partial charge in [0.15, 0.2) is 0 Å². The van der Waals surface area contributed by atoms with Crippen molar-refractivity contribution in [3.05, 3.63) is 53.2 Å². The van der Waals surface area contributed by atoms with Gasteiger partial charge in [0, 0.05) is 25.1 Å². The maximum atomic E-state index is 12.2. The molecule has 27 heavy (non-hydrogen) atoms. The summed E-state index contributed by atoms with van der Waals surface area (Å²) >= 11 is 1.57. The number of hydrogen-bond donors (Lipinski definition) is 2. The number of nitrogens with zero attached hydrogens (tertiary/aromatic N) is 2. The molecule has 1 aromatic carbocycles. The molecule has 3 aromatic rings. The zero-order valence-electron chi connectivity index (χ0n) is 15.1. The number of para-hydroxylation sites is 1. The van der Waals surface area contributed by atoms with Crippen LogP contribution in [0.3, 0.4) is 0 Å². The van der Waals surface area contributed by atoms with Crippen LogP contribution in [0.25, 0.3) is 10.7 Å². The number of anilines is 1. The number of thiophene rings is 1. The normalized spacial score (nSPS) is 10.4. The number of rotatable bonds is 9. The van der Waals surface area contributed by atoms with Crippen LogP contribution in [-0.4, -0.2) is 22.6 Å². The molecule has 0 unspecified atom stereocenters. The average molecular weight is 407 g/mol. The number of hydrogen-bond acceptors (Lipinski definition) is 6. The van der Waals surface area contributed by atoms with Crippen molar-refractivity contribution >= 4 is 35.3 Å². The van der Waals surface area contributed by atoms with Crippen LogP contribution in [0.1, 0.15) is 31.2 Å². The van der Waals surface area contributed by atoms with E-state index in [-0.39, 0.29) is 18.3 Å². The summed E-state index contributed by atoms with van der Waals surface area (Å²) in [5.41, 5.74) is 1.94. The molecule has 1 amide bonds. The third-order valence-corrected chi connectivity index (χ3v) is 4.73. The first kappa shape index (κ1) is 21.1. The monoisotopic (exact) mass is 406 g/mol. The highest BCUT2D eigenvalue weighted by atomic mass is 35.5. The lowest BCUT2D eigenvalue weighted by molar-refractivity contribution is -0.116. The molecular formula is C19H23ClN4O2S. The van der Waals surface area contributed by atoms with Gasteiger partial charge in [-0.2, -0.15) is 4.98 Å². The Bertz CT molecular complexity index is 836. The van der Waals surface area contributed by atoms with E-state index in [1.165, 1.54) is 0 Å². The molecule has 0 aliphatic rings. The summed E-state index contributed by atoms with van der Waals surface area (Å²) in [6, 6.07) is 11.8. The fourth-order valence-corrected chi connectivity index (χ4v) is 3.18. The van der Waals surface area contributed by atoms with Crippen molar-refractivity contribution in [2.75, 3.05) is 11.9 Å². The summed E-state index contributed by atoms with van der Waals surface area (Å²) in [5.74, 6) is 1.16. The van der Waals surface area contributed by atoms with E-state index in [4.69, 9.17) is 4.52 Å².